The largest absolute Gasteiger partial charge is 0.492 e. The van der Waals surface area contributed by atoms with Gasteiger partial charge in [0.2, 0.25) is 5.91 Å². The Balaban J connectivity index is 1.16. The molecule has 1 unspecified atom stereocenters. The van der Waals surface area contributed by atoms with Gasteiger partial charge in [-0.2, -0.15) is 0 Å². The Morgan fingerprint density at radius 3 is 2.29 bits per heavy atom. The van der Waals surface area contributed by atoms with Crippen molar-refractivity contribution >= 4 is 35.0 Å². The van der Waals surface area contributed by atoms with Crippen LogP contribution in [-0.4, -0.2) is 54.3 Å². The monoisotopic (exact) mass is 513 g/mol. The molecule has 194 valence electrons. The van der Waals surface area contributed by atoms with Crippen molar-refractivity contribution in [1.82, 2.24) is 4.90 Å². The van der Waals surface area contributed by atoms with Crippen LogP contribution in [0, 0.1) is 0 Å². The third-order valence-corrected chi connectivity index (χ3v) is 6.44. The van der Waals surface area contributed by atoms with Gasteiger partial charge in [-0.3, -0.25) is 24.1 Å². The number of anilines is 2. The molecule has 5 rings (SSSR count). The SMILES string of the molecule is CC1Oc2cc(NC(=O)CCCN3C(=O)c4ccccc4C3=O)ccc2N(CCOc2ccccc2)C1=O. The van der Waals surface area contributed by atoms with E-state index in [2.05, 4.69) is 5.32 Å². The summed E-state index contributed by atoms with van der Waals surface area (Å²) in [5, 5.41) is 2.83. The molecule has 1 atom stereocenters. The maximum atomic E-state index is 12.8. The molecule has 3 aromatic rings. The fraction of sp³-hybridized carbons (Fsp3) is 0.241. The van der Waals surface area contributed by atoms with E-state index in [9.17, 15) is 19.2 Å². The highest BCUT2D eigenvalue weighted by molar-refractivity contribution is 6.21. The lowest BCUT2D eigenvalue weighted by atomic mass is 10.1. The van der Waals surface area contributed by atoms with Crippen molar-refractivity contribution in [3.8, 4) is 11.5 Å². The zero-order valence-electron chi connectivity index (χ0n) is 20.9. The van der Waals surface area contributed by atoms with Crippen LogP contribution >= 0.6 is 0 Å². The predicted molar refractivity (Wildman–Crippen MR) is 140 cm³/mol. The summed E-state index contributed by atoms with van der Waals surface area (Å²) in [6.07, 6.45) is -0.215. The first-order valence-electron chi connectivity index (χ1n) is 12.5. The molecular weight excluding hydrogens is 486 g/mol. The summed E-state index contributed by atoms with van der Waals surface area (Å²) in [4.78, 5) is 53.1. The molecular formula is C29H27N3O6. The van der Waals surface area contributed by atoms with Crippen molar-refractivity contribution in [2.24, 2.45) is 0 Å². The number of carbonyl (C=O) groups is 4. The van der Waals surface area contributed by atoms with Crippen molar-refractivity contribution in [1.29, 1.82) is 0 Å². The number of para-hydroxylation sites is 1. The summed E-state index contributed by atoms with van der Waals surface area (Å²) in [6, 6.07) is 21.2. The first-order valence-corrected chi connectivity index (χ1v) is 12.5. The van der Waals surface area contributed by atoms with E-state index in [1.54, 1.807) is 54.3 Å². The van der Waals surface area contributed by atoms with Gasteiger partial charge in [0, 0.05) is 24.7 Å². The van der Waals surface area contributed by atoms with Crippen LogP contribution in [0.5, 0.6) is 11.5 Å². The van der Waals surface area contributed by atoms with E-state index in [1.807, 2.05) is 30.3 Å². The predicted octanol–water partition coefficient (Wildman–Crippen LogP) is 3.89. The quantitative estimate of drug-likeness (QED) is 0.435. The first-order chi connectivity index (χ1) is 18.4. The minimum absolute atomic E-state index is 0.128. The van der Waals surface area contributed by atoms with Gasteiger partial charge in [-0.05, 0) is 49.7 Å². The number of carbonyl (C=O) groups excluding carboxylic acids is 4. The average Bonchev–Trinajstić information content (AvgIpc) is 3.16. The number of rotatable bonds is 9. The van der Waals surface area contributed by atoms with Crippen molar-refractivity contribution in [2.45, 2.75) is 25.9 Å². The fourth-order valence-electron chi connectivity index (χ4n) is 4.55. The Hall–Kier alpha value is -4.66. The van der Waals surface area contributed by atoms with E-state index in [4.69, 9.17) is 9.47 Å². The fourth-order valence-corrected chi connectivity index (χ4v) is 4.55. The smallest absolute Gasteiger partial charge is 0.267 e. The van der Waals surface area contributed by atoms with Gasteiger partial charge in [-0.1, -0.05) is 30.3 Å². The Bertz CT molecular complexity index is 1360. The van der Waals surface area contributed by atoms with Crippen LogP contribution in [0.25, 0.3) is 0 Å². The molecule has 0 saturated carbocycles. The minimum atomic E-state index is -0.676. The molecule has 3 aromatic carbocycles. The van der Waals surface area contributed by atoms with Gasteiger partial charge in [-0.15, -0.1) is 0 Å². The second kappa shape index (κ2) is 10.8. The number of imide groups is 1. The summed E-state index contributed by atoms with van der Waals surface area (Å²) in [5.74, 6) is 0.123. The van der Waals surface area contributed by atoms with E-state index in [0.717, 1.165) is 5.75 Å². The number of fused-ring (bicyclic) bond motifs is 2. The molecule has 0 aliphatic carbocycles. The topological polar surface area (TPSA) is 105 Å². The zero-order chi connectivity index (χ0) is 26.6. The number of nitrogens with zero attached hydrogens (tertiary/aromatic N) is 2. The molecule has 0 radical (unpaired) electrons. The molecule has 2 aliphatic rings. The van der Waals surface area contributed by atoms with Crippen LogP contribution in [0.15, 0.2) is 72.8 Å². The highest BCUT2D eigenvalue weighted by atomic mass is 16.5. The lowest BCUT2D eigenvalue weighted by Gasteiger charge is -2.33. The van der Waals surface area contributed by atoms with Crippen molar-refractivity contribution in [3.63, 3.8) is 0 Å². The molecule has 2 aliphatic heterocycles. The summed E-state index contributed by atoms with van der Waals surface area (Å²) in [5.41, 5.74) is 1.92. The highest BCUT2D eigenvalue weighted by Gasteiger charge is 2.35. The molecule has 2 heterocycles. The van der Waals surface area contributed by atoms with Crippen LogP contribution in [-0.2, 0) is 9.59 Å². The summed E-state index contributed by atoms with van der Waals surface area (Å²) in [7, 11) is 0. The Labute approximate surface area is 219 Å². The zero-order valence-corrected chi connectivity index (χ0v) is 20.9. The van der Waals surface area contributed by atoms with Crippen molar-refractivity contribution in [3.05, 3.63) is 83.9 Å². The Morgan fingerprint density at radius 1 is 0.895 bits per heavy atom. The second-order valence-electron chi connectivity index (χ2n) is 9.05. The molecule has 0 fully saturated rings. The lowest BCUT2D eigenvalue weighted by Crippen LogP contribution is -2.46. The van der Waals surface area contributed by atoms with Gasteiger partial charge < -0.3 is 19.7 Å². The van der Waals surface area contributed by atoms with Crippen molar-refractivity contribution < 1.29 is 28.7 Å². The average molecular weight is 514 g/mol. The summed E-state index contributed by atoms with van der Waals surface area (Å²) in [6.45, 7) is 2.50. The van der Waals surface area contributed by atoms with Gasteiger partial charge in [0.05, 0.1) is 23.4 Å². The van der Waals surface area contributed by atoms with Gasteiger partial charge in [-0.25, -0.2) is 0 Å². The van der Waals surface area contributed by atoms with E-state index in [1.165, 1.54) is 4.90 Å². The van der Waals surface area contributed by atoms with Gasteiger partial charge >= 0.3 is 0 Å². The maximum Gasteiger partial charge on any atom is 0.267 e. The minimum Gasteiger partial charge on any atom is -0.492 e. The number of hydrogen-bond acceptors (Lipinski definition) is 6. The molecule has 9 nitrogen and oxygen atoms in total. The van der Waals surface area contributed by atoms with Gasteiger partial charge in [0.1, 0.15) is 18.1 Å². The molecule has 0 aromatic heterocycles. The molecule has 1 N–H and O–H groups in total. The van der Waals surface area contributed by atoms with Crippen LogP contribution in [0.2, 0.25) is 0 Å². The number of hydrogen-bond donors (Lipinski definition) is 1. The Kier molecular flexibility index (Phi) is 7.08. The van der Waals surface area contributed by atoms with Crippen LogP contribution in [0.1, 0.15) is 40.5 Å². The summed E-state index contributed by atoms with van der Waals surface area (Å²) < 4.78 is 11.6. The number of ether oxygens (including phenoxy) is 2. The standard InChI is InChI=1S/C29H27N3O6/c1-19-27(34)31(16-17-37-21-8-3-2-4-9-21)24-14-13-20(18-25(24)38-19)30-26(33)12-7-15-32-28(35)22-10-5-6-11-23(22)29(32)36/h2-6,8-11,13-14,18-19H,7,12,15-17H2,1H3,(H,30,33). The molecule has 0 saturated heterocycles. The lowest BCUT2D eigenvalue weighted by molar-refractivity contribution is -0.125. The number of benzene rings is 3. The van der Waals surface area contributed by atoms with E-state index < -0.39 is 6.10 Å². The van der Waals surface area contributed by atoms with Gasteiger partial charge in [0.25, 0.3) is 17.7 Å². The first kappa shape index (κ1) is 25.0. The molecule has 38 heavy (non-hydrogen) atoms. The molecule has 4 amide bonds. The number of amides is 4. The molecule has 0 spiro atoms. The Morgan fingerprint density at radius 2 is 1.58 bits per heavy atom. The van der Waals surface area contributed by atoms with Crippen molar-refractivity contribution in [2.75, 3.05) is 29.9 Å². The second-order valence-corrected chi connectivity index (χ2v) is 9.05. The van der Waals surface area contributed by atoms with E-state index in [0.29, 0.717) is 47.8 Å². The summed E-state index contributed by atoms with van der Waals surface area (Å²) >= 11 is 0. The normalized spacial score (nSPS) is 16.1. The third-order valence-electron chi connectivity index (χ3n) is 6.44. The van der Waals surface area contributed by atoms with Crippen LogP contribution in [0.4, 0.5) is 11.4 Å². The van der Waals surface area contributed by atoms with Gasteiger partial charge in [0.15, 0.2) is 6.10 Å². The van der Waals surface area contributed by atoms with Crippen LogP contribution < -0.4 is 19.7 Å². The van der Waals surface area contributed by atoms with E-state index in [-0.39, 0.29) is 36.6 Å². The maximum absolute atomic E-state index is 12.8. The molecule has 0 bridgehead atoms. The van der Waals surface area contributed by atoms with Crippen LogP contribution in [0.3, 0.4) is 0 Å². The third kappa shape index (κ3) is 5.08. The highest BCUT2D eigenvalue weighted by Crippen LogP contribution is 2.36. The molecule has 9 heteroatoms. The number of nitrogens with one attached hydrogen (secondary N) is 1. The van der Waals surface area contributed by atoms with E-state index >= 15 is 0 Å².